The van der Waals surface area contributed by atoms with Gasteiger partial charge in [-0.1, -0.05) is 30.3 Å². The summed E-state index contributed by atoms with van der Waals surface area (Å²) in [5.41, 5.74) is 1.05. The number of nitrogens with one attached hydrogen (secondary N) is 1. The normalized spacial score (nSPS) is 34.0. The number of amides is 1. The first kappa shape index (κ1) is 7.85. The Hall–Kier alpha value is -1.51. The second-order valence-corrected chi connectivity index (χ2v) is 4.01. The first-order valence-electron chi connectivity index (χ1n) is 4.83. The second-order valence-electron chi connectivity index (χ2n) is 4.01. The molecule has 3 nitrogen and oxygen atoms in total. The molecule has 1 aliphatic carbocycles. The third kappa shape index (κ3) is 0.953. The van der Waals surface area contributed by atoms with Gasteiger partial charge in [-0.3, -0.25) is 0 Å². The molecule has 0 aromatic heterocycles. The highest BCUT2D eigenvalue weighted by molar-refractivity contribution is 5.71. The van der Waals surface area contributed by atoms with E-state index in [0.29, 0.717) is 0 Å². The largest absolute Gasteiger partial charge is 0.446 e. The van der Waals surface area contributed by atoms with Crippen molar-refractivity contribution >= 4 is 6.09 Å². The standard InChI is InChI=1S/C11H11NO2/c13-10-12-11(6-9(7-11)14-10)8-4-2-1-3-5-8/h1-5,9H,6-7H2,(H,12,13). The number of fused-ring (bicyclic) bond motifs is 2. The zero-order valence-electron chi connectivity index (χ0n) is 7.69. The summed E-state index contributed by atoms with van der Waals surface area (Å²) in [5.74, 6) is 0. The predicted molar refractivity (Wildman–Crippen MR) is 50.8 cm³/mol. The smallest absolute Gasteiger partial charge is 0.408 e. The molecule has 1 N–H and O–H groups in total. The summed E-state index contributed by atoms with van der Waals surface area (Å²) in [4.78, 5) is 11.1. The van der Waals surface area contributed by atoms with Crippen LogP contribution in [0.3, 0.4) is 0 Å². The average molecular weight is 189 g/mol. The van der Waals surface area contributed by atoms with Gasteiger partial charge in [0.15, 0.2) is 0 Å². The molecule has 1 saturated carbocycles. The van der Waals surface area contributed by atoms with E-state index in [9.17, 15) is 4.79 Å². The molecule has 2 aliphatic heterocycles. The Balaban J connectivity index is 1.95. The van der Waals surface area contributed by atoms with Crippen molar-refractivity contribution in [3.63, 3.8) is 0 Å². The van der Waals surface area contributed by atoms with Gasteiger partial charge in [-0.25, -0.2) is 4.79 Å². The molecular weight excluding hydrogens is 178 g/mol. The molecule has 2 bridgehead atoms. The predicted octanol–water partition coefficient (Wildman–Crippen LogP) is 1.78. The van der Waals surface area contributed by atoms with E-state index in [1.165, 1.54) is 5.56 Å². The molecule has 0 radical (unpaired) electrons. The van der Waals surface area contributed by atoms with Crippen LogP contribution in [0.25, 0.3) is 0 Å². The van der Waals surface area contributed by atoms with Crippen molar-refractivity contribution in [3.8, 4) is 0 Å². The van der Waals surface area contributed by atoms with Crippen LogP contribution in [0.5, 0.6) is 0 Å². The molecule has 3 aliphatic rings. The van der Waals surface area contributed by atoms with Gasteiger partial charge < -0.3 is 10.1 Å². The number of ether oxygens (including phenoxy) is 1. The molecular formula is C11H11NO2. The van der Waals surface area contributed by atoms with Gasteiger partial charge in [-0.15, -0.1) is 0 Å². The van der Waals surface area contributed by atoms with Crippen molar-refractivity contribution in [1.29, 1.82) is 0 Å². The molecule has 14 heavy (non-hydrogen) atoms. The van der Waals surface area contributed by atoms with Crippen LogP contribution in [-0.4, -0.2) is 12.2 Å². The van der Waals surface area contributed by atoms with Gasteiger partial charge in [-0.2, -0.15) is 0 Å². The van der Waals surface area contributed by atoms with Crippen LogP contribution in [0.4, 0.5) is 4.79 Å². The van der Waals surface area contributed by atoms with Crippen molar-refractivity contribution in [3.05, 3.63) is 35.9 Å². The second kappa shape index (κ2) is 2.50. The van der Waals surface area contributed by atoms with E-state index in [4.69, 9.17) is 4.74 Å². The van der Waals surface area contributed by atoms with E-state index in [0.717, 1.165) is 12.8 Å². The van der Waals surface area contributed by atoms with Crippen LogP contribution in [0.15, 0.2) is 30.3 Å². The first-order valence-corrected chi connectivity index (χ1v) is 4.83. The third-order valence-electron chi connectivity index (χ3n) is 3.09. The fourth-order valence-electron chi connectivity index (χ4n) is 2.34. The lowest BCUT2D eigenvalue weighted by molar-refractivity contribution is -0.0588. The molecule has 0 atom stereocenters. The fraction of sp³-hybridized carbons (Fsp3) is 0.364. The van der Waals surface area contributed by atoms with E-state index >= 15 is 0 Å². The Morgan fingerprint density at radius 3 is 2.64 bits per heavy atom. The number of hydrogen-bond donors (Lipinski definition) is 1. The summed E-state index contributed by atoms with van der Waals surface area (Å²) in [6, 6.07) is 10.1. The van der Waals surface area contributed by atoms with Crippen molar-refractivity contribution < 1.29 is 9.53 Å². The Labute approximate surface area is 82.1 Å². The van der Waals surface area contributed by atoms with Crippen LogP contribution >= 0.6 is 0 Å². The quantitative estimate of drug-likeness (QED) is 0.731. The number of benzene rings is 1. The van der Waals surface area contributed by atoms with Gasteiger partial charge in [-0.05, 0) is 5.56 Å². The topological polar surface area (TPSA) is 38.3 Å². The maximum Gasteiger partial charge on any atom is 0.408 e. The average Bonchev–Trinajstić information content (AvgIpc) is 2.17. The maximum atomic E-state index is 11.1. The minimum atomic E-state index is -0.281. The molecule has 0 unspecified atom stereocenters. The summed E-state index contributed by atoms with van der Waals surface area (Å²) in [7, 11) is 0. The summed E-state index contributed by atoms with van der Waals surface area (Å²) in [6.45, 7) is 0. The molecule has 72 valence electrons. The molecule has 3 fully saturated rings. The third-order valence-corrected chi connectivity index (χ3v) is 3.09. The monoisotopic (exact) mass is 189 g/mol. The van der Waals surface area contributed by atoms with Gasteiger partial charge >= 0.3 is 6.09 Å². The highest BCUT2D eigenvalue weighted by Crippen LogP contribution is 2.45. The molecule has 2 heterocycles. The highest BCUT2D eigenvalue weighted by atomic mass is 16.6. The van der Waals surface area contributed by atoms with Gasteiger partial charge in [0.25, 0.3) is 0 Å². The summed E-state index contributed by atoms with van der Waals surface area (Å²) < 4.78 is 5.05. The minimum absolute atomic E-state index is 0.129. The first-order chi connectivity index (χ1) is 6.78. The van der Waals surface area contributed by atoms with Crippen molar-refractivity contribution in [1.82, 2.24) is 5.32 Å². The molecule has 1 aromatic rings. The lowest BCUT2D eigenvalue weighted by Crippen LogP contribution is -2.63. The van der Waals surface area contributed by atoms with Crippen LogP contribution in [0.1, 0.15) is 18.4 Å². The van der Waals surface area contributed by atoms with E-state index in [-0.39, 0.29) is 17.7 Å². The molecule has 1 amide bonds. The highest BCUT2D eigenvalue weighted by Gasteiger charge is 2.52. The van der Waals surface area contributed by atoms with Crippen LogP contribution in [0, 0.1) is 0 Å². The zero-order chi connectivity index (χ0) is 9.60. The number of alkyl carbamates (subject to hydrolysis) is 1. The van der Waals surface area contributed by atoms with Gasteiger partial charge in [0.05, 0.1) is 5.54 Å². The zero-order valence-corrected chi connectivity index (χ0v) is 7.69. The van der Waals surface area contributed by atoms with Crippen LogP contribution in [-0.2, 0) is 10.3 Å². The van der Waals surface area contributed by atoms with Gasteiger partial charge in [0.1, 0.15) is 6.10 Å². The molecule has 4 rings (SSSR count). The number of carbonyl (C=O) groups excluding carboxylic acids is 1. The summed E-state index contributed by atoms with van der Waals surface area (Å²) in [5, 5.41) is 2.91. The van der Waals surface area contributed by atoms with E-state index in [2.05, 4.69) is 17.4 Å². The Bertz CT molecular complexity index is 368. The van der Waals surface area contributed by atoms with E-state index in [1.807, 2.05) is 18.2 Å². The Kier molecular flexibility index (Phi) is 1.40. The van der Waals surface area contributed by atoms with Crippen LogP contribution < -0.4 is 5.32 Å². The maximum absolute atomic E-state index is 11.1. The number of carbonyl (C=O) groups is 1. The molecule has 1 aromatic carbocycles. The van der Waals surface area contributed by atoms with E-state index in [1.54, 1.807) is 0 Å². The Morgan fingerprint density at radius 2 is 2.00 bits per heavy atom. The summed E-state index contributed by atoms with van der Waals surface area (Å²) in [6.07, 6.45) is 1.66. The minimum Gasteiger partial charge on any atom is -0.446 e. The Morgan fingerprint density at radius 1 is 1.29 bits per heavy atom. The number of rotatable bonds is 1. The SMILES string of the molecule is O=C1NC2(c3ccccc3)CC(C2)O1. The van der Waals surface area contributed by atoms with E-state index < -0.39 is 0 Å². The van der Waals surface area contributed by atoms with Crippen LogP contribution in [0.2, 0.25) is 0 Å². The molecule has 3 heteroatoms. The van der Waals surface area contributed by atoms with Crippen molar-refractivity contribution in [2.75, 3.05) is 0 Å². The lowest BCUT2D eigenvalue weighted by atomic mass is 9.69. The lowest BCUT2D eigenvalue weighted by Gasteiger charge is -2.51. The van der Waals surface area contributed by atoms with Gasteiger partial charge in [0, 0.05) is 12.8 Å². The van der Waals surface area contributed by atoms with Crippen molar-refractivity contribution in [2.24, 2.45) is 0 Å². The molecule has 0 spiro atoms. The molecule has 2 saturated heterocycles. The summed E-state index contributed by atoms with van der Waals surface area (Å²) >= 11 is 0. The van der Waals surface area contributed by atoms with Crippen molar-refractivity contribution in [2.45, 2.75) is 24.5 Å². The fourth-order valence-corrected chi connectivity index (χ4v) is 2.34. The van der Waals surface area contributed by atoms with Gasteiger partial charge in [0.2, 0.25) is 0 Å². The number of hydrogen-bond acceptors (Lipinski definition) is 2.